The van der Waals surface area contributed by atoms with Crippen molar-refractivity contribution >= 4 is 16.0 Å². The minimum absolute atomic E-state index is 0.142. The van der Waals surface area contributed by atoms with E-state index in [0.29, 0.717) is 0 Å². The van der Waals surface area contributed by atoms with Crippen LogP contribution < -0.4 is 5.14 Å². The van der Waals surface area contributed by atoms with Gasteiger partial charge in [0.15, 0.2) is 5.03 Å². The highest BCUT2D eigenvalue weighted by Crippen LogP contribution is 2.22. The SMILES string of the molecule is CCOC(=O)c1cnn(C(C)(C)C)c1S(N)(=O)=O. The Morgan fingerprint density at radius 2 is 2.06 bits per heavy atom. The van der Waals surface area contributed by atoms with Crippen molar-refractivity contribution in [1.29, 1.82) is 0 Å². The van der Waals surface area contributed by atoms with Gasteiger partial charge in [-0.05, 0) is 27.7 Å². The lowest BCUT2D eigenvalue weighted by Gasteiger charge is -2.21. The minimum atomic E-state index is -4.07. The van der Waals surface area contributed by atoms with Crippen LogP contribution >= 0.6 is 0 Å². The molecule has 18 heavy (non-hydrogen) atoms. The van der Waals surface area contributed by atoms with Crippen molar-refractivity contribution in [3.05, 3.63) is 11.8 Å². The van der Waals surface area contributed by atoms with E-state index in [1.54, 1.807) is 27.7 Å². The van der Waals surface area contributed by atoms with Crippen LogP contribution in [0.3, 0.4) is 0 Å². The second kappa shape index (κ2) is 4.69. The molecule has 0 aliphatic rings. The largest absolute Gasteiger partial charge is 0.462 e. The van der Waals surface area contributed by atoms with Gasteiger partial charge in [0.1, 0.15) is 5.56 Å². The predicted molar refractivity (Wildman–Crippen MR) is 64.6 cm³/mol. The lowest BCUT2D eigenvalue weighted by atomic mass is 10.1. The van der Waals surface area contributed by atoms with Gasteiger partial charge in [-0.25, -0.2) is 23.0 Å². The molecule has 102 valence electrons. The molecule has 0 spiro atoms. The molecule has 1 heterocycles. The summed E-state index contributed by atoms with van der Waals surface area (Å²) >= 11 is 0. The number of nitrogens with two attached hydrogens (primary N) is 1. The molecular weight excluding hydrogens is 258 g/mol. The van der Waals surface area contributed by atoms with Crippen molar-refractivity contribution in [3.63, 3.8) is 0 Å². The average Bonchev–Trinajstić information content (AvgIpc) is 2.60. The molecule has 2 N–H and O–H groups in total. The molecule has 0 amide bonds. The number of hydrogen-bond acceptors (Lipinski definition) is 5. The Morgan fingerprint density at radius 3 is 2.44 bits per heavy atom. The Kier molecular flexibility index (Phi) is 3.82. The number of aromatic nitrogens is 2. The first-order chi connectivity index (χ1) is 8.09. The Morgan fingerprint density at radius 1 is 1.50 bits per heavy atom. The third kappa shape index (κ3) is 2.88. The van der Waals surface area contributed by atoms with Crippen LogP contribution in [0.15, 0.2) is 11.2 Å². The molecule has 0 aliphatic heterocycles. The quantitative estimate of drug-likeness (QED) is 0.807. The Bertz CT molecular complexity index is 554. The number of rotatable bonds is 3. The van der Waals surface area contributed by atoms with E-state index in [4.69, 9.17) is 9.88 Å². The summed E-state index contributed by atoms with van der Waals surface area (Å²) < 4.78 is 29.2. The fraction of sp³-hybridized carbons (Fsp3) is 0.600. The molecule has 0 radical (unpaired) electrons. The maximum atomic E-state index is 11.7. The number of carbonyl (C=O) groups is 1. The highest BCUT2D eigenvalue weighted by Gasteiger charge is 2.31. The minimum Gasteiger partial charge on any atom is -0.462 e. The Hall–Kier alpha value is -1.41. The molecule has 0 fully saturated rings. The van der Waals surface area contributed by atoms with Gasteiger partial charge in [0.25, 0.3) is 10.0 Å². The summed E-state index contributed by atoms with van der Waals surface area (Å²) in [4.78, 5) is 11.7. The molecule has 0 bridgehead atoms. The smallest absolute Gasteiger partial charge is 0.342 e. The van der Waals surface area contributed by atoms with E-state index in [0.717, 1.165) is 6.20 Å². The second-order valence-corrected chi connectivity index (χ2v) is 6.19. The van der Waals surface area contributed by atoms with Gasteiger partial charge in [0.2, 0.25) is 0 Å². The number of hydrogen-bond donors (Lipinski definition) is 1. The zero-order chi connectivity index (χ0) is 14.1. The van der Waals surface area contributed by atoms with Crippen molar-refractivity contribution < 1.29 is 17.9 Å². The average molecular weight is 275 g/mol. The van der Waals surface area contributed by atoms with E-state index in [1.807, 2.05) is 0 Å². The number of esters is 1. The number of sulfonamides is 1. The number of carbonyl (C=O) groups excluding carboxylic acids is 1. The van der Waals surface area contributed by atoms with Crippen LogP contribution in [-0.2, 0) is 20.3 Å². The van der Waals surface area contributed by atoms with Gasteiger partial charge in [-0.1, -0.05) is 0 Å². The van der Waals surface area contributed by atoms with Crippen LogP contribution in [0, 0.1) is 0 Å². The molecule has 0 saturated carbocycles. The van der Waals surface area contributed by atoms with Gasteiger partial charge < -0.3 is 4.74 Å². The van der Waals surface area contributed by atoms with Gasteiger partial charge in [0.05, 0.1) is 18.3 Å². The number of ether oxygens (including phenoxy) is 1. The summed E-state index contributed by atoms with van der Waals surface area (Å²) in [5.74, 6) is -0.753. The summed E-state index contributed by atoms with van der Waals surface area (Å²) in [6.45, 7) is 7.03. The Labute approximate surface area is 106 Å². The third-order valence-corrected chi connectivity index (χ3v) is 3.06. The number of nitrogens with zero attached hydrogens (tertiary/aromatic N) is 2. The van der Waals surface area contributed by atoms with Crippen molar-refractivity contribution in [1.82, 2.24) is 9.78 Å². The first kappa shape index (κ1) is 14.7. The van der Waals surface area contributed by atoms with Crippen molar-refractivity contribution in [2.75, 3.05) is 6.61 Å². The van der Waals surface area contributed by atoms with Crippen molar-refractivity contribution in [2.24, 2.45) is 5.14 Å². The first-order valence-electron chi connectivity index (χ1n) is 5.37. The fourth-order valence-electron chi connectivity index (χ4n) is 1.44. The van der Waals surface area contributed by atoms with Gasteiger partial charge in [-0.2, -0.15) is 5.10 Å². The molecule has 0 atom stereocenters. The van der Waals surface area contributed by atoms with Crippen molar-refractivity contribution in [3.8, 4) is 0 Å². The maximum Gasteiger partial charge on any atom is 0.342 e. The predicted octanol–water partition coefficient (Wildman–Crippen LogP) is 0.462. The summed E-state index contributed by atoms with van der Waals surface area (Å²) in [6.07, 6.45) is 1.16. The van der Waals surface area contributed by atoms with Crippen LogP contribution in [0.4, 0.5) is 0 Å². The molecule has 0 unspecified atom stereocenters. The van der Waals surface area contributed by atoms with E-state index in [-0.39, 0.29) is 17.2 Å². The molecular formula is C10H17N3O4S. The summed E-state index contributed by atoms with van der Waals surface area (Å²) in [7, 11) is -4.07. The highest BCUT2D eigenvalue weighted by atomic mass is 32.2. The standard InChI is InChI=1S/C10H17N3O4S/c1-5-17-9(14)7-6-12-13(10(2,3)4)8(7)18(11,15)16/h6H,5H2,1-4H3,(H2,11,15,16). The topological polar surface area (TPSA) is 104 Å². The van der Waals surface area contributed by atoms with Crippen LogP contribution in [0.1, 0.15) is 38.1 Å². The van der Waals surface area contributed by atoms with Crippen molar-refractivity contribution in [2.45, 2.75) is 38.3 Å². The van der Waals surface area contributed by atoms with Crippen LogP contribution in [-0.4, -0.2) is 30.8 Å². The van der Waals surface area contributed by atoms with Crippen LogP contribution in [0.2, 0.25) is 0 Å². The Balaban J connectivity index is 3.49. The van der Waals surface area contributed by atoms with Crippen LogP contribution in [0.25, 0.3) is 0 Å². The highest BCUT2D eigenvalue weighted by molar-refractivity contribution is 7.89. The normalized spacial score (nSPS) is 12.5. The molecule has 1 aromatic heterocycles. The molecule has 1 aromatic rings. The van der Waals surface area contributed by atoms with E-state index < -0.39 is 21.5 Å². The zero-order valence-corrected chi connectivity index (χ0v) is 11.6. The fourth-order valence-corrected chi connectivity index (χ4v) is 2.44. The second-order valence-electron chi connectivity index (χ2n) is 4.71. The lowest BCUT2D eigenvalue weighted by molar-refractivity contribution is 0.0520. The van der Waals surface area contributed by atoms with Gasteiger partial charge >= 0.3 is 5.97 Å². The molecule has 0 saturated heterocycles. The first-order valence-corrected chi connectivity index (χ1v) is 6.92. The lowest BCUT2D eigenvalue weighted by Crippen LogP contribution is -2.30. The summed E-state index contributed by atoms with van der Waals surface area (Å²) in [6, 6.07) is 0. The zero-order valence-electron chi connectivity index (χ0n) is 10.8. The van der Waals surface area contributed by atoms with E-state index in [9.17, 15) is 13.2 Å². The van der Waals surface area contributed by atoms with E-state index in [1.165, 1.54) is 4.68 Å². The summed E-state index contributed by atoms with van der Waals surface area (Å²) in [5.41, 5.74) is -0.763. The van der Waals surface area contributed by atoms with Gasteiger partial charge in [0, 0.05) is 0 Å². The van der Waals surface area contributed by atoms with Gasteiger partial charge in [-0.3, -0.25) is 0 Å². The maximum absolute atomic E-state index is 11.7. The van der Waals surface area contributed by atoms with E-state index in [2.05, 4.69) is 5.10 Å². The molecule has 0 aliphatic carbocycles. The van der Waals surface area contributed by atoms with Crippen LogP contribution in [0.5, 0.6) is 0 Å². The molecule has 1 rings (SSSR count). The van der Waals surface area contributed by atoms with Gasteiger partial charge in [-0.15, -0.1) is 0 Å². The third-order valence-electron chi connectivity index (χ3n) is 2.13. The van der Waals surface area contributed by atoms with E-state index >= 15 is 0 Å². The molecule has 8 heteroatoms. The molecule has 0 aromatic carbocycles. The molecule has 7 nitrogen and oxygen atoms in total. The number of primary sulfonamides is 1. The monoisotopic (exact) mass is 275 g/mol. The summed E-state index contributed by atoms with van der Waals surface area (Å²) in [5, 5.41) is 8.73.